The summed E-state index contributed by atoms with van der Waals surface area (Å²) >= 11 is 0. The number of imidazole rings is 2. The number of hydrogen-bond donors (Lipinski definition) is 3. The second-order valence-corrected chi connectivity index (χ2v) is 15.1. The standard InChI is InChI=1S/C43H49N11O9/c1-6-53-32(17-25(4)48-53)38(55)46-42-44-30-19-27(40(57)58)21-34-36(30)51(42)11-9-10-12-52-37-31(45-43(52)47-39(56)33-18-26(5)49-54(33)7-2)20-28(41(59)61-8-3)22-35(37)63-24-29(23-62-34)50-13-15-60-16-14-50/h9-10,17-22,29H,6-8,11-16,23-24H2,1-5H3,(H,57,58)(H,44,46,55)(H,45,47,56)/b10-9+. The van der Waals surface area contributed by atoms with E-state index in [4.69, 9.17) is 28.9 Å². The SMILES string of the molecule is CCOC(=O)c1cc2c3c(c1)nc(NC(=O)c1cc(C)nn1CC)n3C/C=C/Cn1c(NC(=O)c3cc(C)nn3CC)nc3cc(C(=O)O)cc(c31)OCC(N1CCOCC1)CO2. The molecule has 6 heterocycles. The van der Waals surface area contributed by atoms with Crippen molar-refractivity contribution in [2.75, 3.05) is 56.8 Å². The van der Waals surface area contributed by atoms with Crippen LogP contribution in [0, 0.1) is 13.8 Å². The number of amides is 2. The molecule has 330 valence electrons. The van der Waals surface area contributed by atoms with E-state index in [1.807, 2.05) is 32.9 Å². The summed E-state index contributed by atoms with van der Waals surface area (Å²) in [6.45, 7) is 12.7. The number of aryl methyl sites for hydroxylation is 4. The molecule has 1 unspecified atom stereocenters. The third-order valence-electron chi connectivity index (χ3n) is 10.9. The third-order valence-corrected chi connectivity index (χ3v) is 10.9. The fraction of sp³-hybridized carbons (Fsp3) is 0.395. The van der Waals surface area contributed by atoms with Crippen molar-refractivity contribution in [2.24, 2.45) is 0 Å². The number of anilines is 2. The fourth-order valence-corrected chi connectivity index (χ4v) is 7.89. The lowest BCUT2D eigenvalue weighted by Gasteiger charge is -2.34. The minimum absolute atomic E-state index is 0.0433. The Morgan fingerprint density at radius 3 is 1.70 bits per heavy atom. The Labute approximate surface area is 361 Å². The van der Waals surface area contributed by atoms with Gasteiger partial charge >= 0.3 is 11.9 Å². The molecule has 20 nitrogen and oxygen atoms in total. The van der Waals surface area contributed by atoms with Gasteiger partial charge in [-0.3, -0.25) is 34.5 Å². The van der Waals surface area contributed by atoms with E-state index in [9.17, 15) is 24.3 Å². The summed E-state index contributed by atoms with van der Waals surface area (Å²) in [5.41, 5.74) is 3.82. The van der Waals surface area contributed by atoms with Crippen molar-refractivity contribution in [1.29, 1.82) is 0 Å². The Morgan fingerprint density at radius 1 is 0.730 bits per heavy atom. The molecule has 20 heteroatoms. The van der Waals surface area contributed by atoms with Gasteiger partial charge in [-0.15, -0.1) is 0 Å². The van der Waals surface area contributed by atoms with Crippen molar-refractivity contribution >= 4 is 57.7 Å². The predicted octanol–water partition coefficient (Wildman–Crippen LogP) is 4.54. The van der Waals surface area contributed by atoms with Crippen molar-refractivity contribution in [3.63, 3.8) is 0 Å². The molecule has 1 fully saturated rings. The van der Waals surface area contributed by atoms with Gasteiger partial charge in [-0.1, -0.05) is 12.2 Å². The lowest BCUT2D eigenvalue weighted by atomic mass is 10.1. The molecule has 0 spiro atoms. The normalized spacial score (nSPS) is 16.4. The molecule has 0 radical (unpaired) electrons. The molecule has 2 aliphatic rings. The summed E-state index contributed by atoms with van der Waals surface area (Å²) in [5, 5.41) is 25.0. The summed E-state index contributed by atoms with van der Waals surface area (Å²) in [4.78, 5) is 65.2. The molecule has 1 atom stereocenters. The van der Waals surface area contributed by atoms with Gasteiger partial charge in [0, 0.05) is 39.3 Å². The molecule has 2 aliphatic heterocycles. The molecule has 8 rings (SSSR count). The molecule has 1 saturated heterocycles. The van der Waals surface area contributed by atoms with Gasteiger partial charge in [-0.05, 0) is 71.0 Å². The summed E-state index contributed by atoms with van der Waals surface area (Å²) in [7, 11) is 0. The first-order valence-electron chi connectivity index (χ1n) is 20.9. The summed E-state index contributed by atoms with van der Waals surface area (Å²) in [5.74, 6) is -1.73. The van der Waals surface area contributed by atoms with Crippen molar-refractivity contribution in [3.8, 4) is 11.5 Å². The first kappa shape index (κ1) is 42.6. The van der Waals surface area contributed by atoms with E-state index < -0.39 is 29.8 Å². The highest BCUT2D eigenvalue weighted by Gasteiger charge is 2.28. The first-order chi connectivity index (χ1) is 30.5. The number of rotatable bonds is 10. The highest BCUT2D eigenvalue weighted by atomic mass is 16.5. The Kier molecular flexibility index (Phi) is 12.3. The Balaban J connectivity index is 1.27. The van der Waals surface area contributed by atoms with Crippen LogP contribution < -0.4 is 20.1 Å². The zero-order valence-electron chi connectivity index (χ0n) is 35.7. The van der Waals surface area contributed by atoms with Gasteiger partial charge in [0.25, 0.3) is 11.8 Å². The number of nitrogens with one attached hydrogen (secondary N) is 2. The molecule has 2 amide bonds. The maximum absolute atomic E-state index is 13.9. The van der Waals surface area contributed by atoms with E-state index >= 15 is 0 Å². The Morgan fingerprint density at radius 2 is 1.22 bits per heavy atom. The van der Waals surface area contributed by atoms with Crippen LogP contribution in [0.3, 0.4) is 0 Å². The molecule has 63 heavy (non-hydrogen) atoms. The average Bonchev–Trinajstić information content (AvgIpc) is 4.04. The Bertz CT molecular complexity index is 2760. The van der Waals surface area contributed by atoms with E-state index in [1.165, 1.54) is 12.1 Å². The van der Waals surface area contributed by atoms with Crippen LogP contribution in [0.4, 0.5) is 11.9 Å². The lowest BCUT2D eigenvalue weighted by Crippen LogP contribution is -2.49. The maximum atomic E-state index is 13.9. The molecule has 2 aromatic carbocycles. The number of esters is 1. The third kappa shape index (κ3) is 8.71. The van der Waals surface area contributed by atoms with E-state index in [0.717, 1.165) is 0 Å². The number of hydrogen-bond acceptors (Lipinski definition) is 13. The van der Waals surface area contributed by atoms with Gasteiger partial charge in [0.05, 0.1) is 59.4 Å². The zero-order chi connectivity index (χ0) is 44.4. The fourth-order valence-electron chi connectivity index (χ4n) is 7.89. The number of carboxylic acids is 1. The quantitative estimate of drug-likeness (QED) is 0.127. The number of allylic oxidation sites excluding steroid dienone is 2. The monoisotopic (exact) mass is 863 g/mol. The number of carbonyl (C=O) groups is 4. The number of carbonyl (C=O) groups excluding carboxylic acids is 3. The zero-order valence-corrected chi connectivity index (χ0v) is 35.7. The average molecular weight is 864 g/mol. The van der Waals surface area contributed by atoms with Crippen LogP contribution in [0.2, 0.25) is 0 Å². The topological polar surface area (TPSA) is 224 Å². The van der Waals surface area contributed by atoms with Gasteiger partial charge in [0.2, 0.25) is 11.9 Å². The first-order valence-corrected chi connectivity index (χ1v) is 20.9. The van der Waals surface area contributed by atoms with Crippen LogP contribution in [0.1, 0.15) is 73.9 Å². The molecule has 0 saturated carbocycles. The van der Waals surface area contributed by atoms with Crippen LogP contribution in [-0.4, -0.2) is 125 Å². The highest BCUT2D eigenvalue weighted by molar-refractivity contribution is 6.05. The van der Waals surface area contributed by atoms with Crippen LogP contribution in [0.25, 0.3) is 22.1 Å². The minimum atomic E-state index is -1.18. The number of benzene rings is 2. The van der Waals surface area contributed by atoms with Crippen molar-refractivity contribution in [1.82, 2.24) is 43.6 Å². The molecular weight excluding hydrogens is 815 g/mol. The minimum Gasteiger partial charge on any atom is -0.490 e. The lowest BCUT2D eigenvalue weighted by molar-refractivity contribution is -0.00550. The van der Waals surface area contributed by atoms with Gasteiger partial charge < -0.3 is 33.2 Å². The predicted molar refractivity (Wildman–Crippen MR) is 230 cm³/mol. The number of aromatic nitrogens is 8. The van der Waals surface area contributed by atoms with Gasteiger partial charge in [-0.2, -0.15) is 10.2 Å². The largest absolute Gasteiger partial charge is 0.490 e. The number of nitrogens with zero attached hydrogens (tertiary/aromatic N) is 9. The summed E-state index contributed by atoms with van der Waals surface area (Å²) < 4.78 is 31.1. The number of carboxylic acid groups (broad SMARTS) is 1. The van der Waals surface area contributed by atoms with Crippen LogP contribution in [-0.2, 0) is 35.7 Å². The second kappa shape index (κ2) is 18.1. The number of aromatic carboxylic acids is 1. The van der Waals surface area contributed by atoms with E-state index in [2.05, 4.69) is 25.7 Å². The molecular formula is C43H49N11O9. The molecule has 0 bridgehead atoms. The second-order valence-electron chi connectivity index (χ2n) is 15.1. The molecule has 3 N–H and O–H groups in total. The Hall–Kier alpha value is -7.06. The summed E-state index contributed by atoms with van der Waals surface area (Å²) in [6, 6.07) is 9.08. The summed E-state index contributed by atoms with van der Waals surface area (Å²) in [6.07, 6.45) is 3.71. The van der Waals surface area contributed by atoms with E-state index in [0.29, 0.717) is 90.0 Å². The van der Waals surface area contributed by atoms with E-state index in [1.54, 1.807) is 56.6 Å². The maximum Gasteiger partial charge on any atom is 0.338 e. The molecule has 0 aliphatic carbocycles. The molecule has 6 aromatic rings. The van der Waals surface area contributed by atoms with Crippen molar-refractivity contribution < 1.29 is 43.2 Å². The van der Waals surface area contributed by atoms with Crippen molar-refractivity contribution in [3.05, 3.63) is 82.5 Å². The van der Waals surface area contributed by atoms with Gasteiger partial charge in [0.15, 0.2) is 0 Å². The van der Waals surface area contributed by atoms with Crippen LogP contribution in [0.5, 0.6) is 11.5 Å². The van der Waals surface area contributed by atoms with Crippen LogP contribution >= 0.6 is 0 Å². The van der Waals surface area contributed by atoms with Crippen LogP contribution in [0.15, 0.2) is 48.6 Å². The van der Waals surface area contributed by atoms with E-state index in [-0.39, 0.29) is 61.7 Å². The number of morpholine rings is 1. The smallest absolute Gasteiger partial charge is 0.338 e. The highest BCUT2D eigenvalue weighted by Crippen LogP contribution is 2.34. The van der Waals surface area contributed by atoms with Gasteiger partial charge in [-0.25, -0.2) is 19.6 Å². The van der Waals surface area contributed by atoms with Gasteiger partial charge in [0.1, 0.15) is 47.1 Å². The molecule has 4 aromatic heterocycles. The number of ether oxygens (including phenoxy) is 4. The van der Waals surface area contributed by atoms with Crippen molar-refractivity contribution in [2.45, 2.75) is 66.8 Å².